The smallest absolute Gasteiger partial charge is 0.246 e. The number of aromatic nitrogens is 2. The van der Waals surface area contributed by atoms with E-state index in [0.29, 0.717) is 6.42 Å². The number of hydrogen-bond donors (Lipinski definition) is 0. The Balaban J connectivity index is 2.97. The van der Waals surface area contributed by atoms with Crippen LogP contribution < -0.4 is 0 Å². The van der Waals surface area contributed by atoms with Crippen LogP contribution >= 0.6 is 0 Å². The quantitative estimate of drug-likeness (QED) is 0.612. The highest BCUT2D eigenvalue weighted by Gasteiger charge is 2.04. The Kier molecular flexibility index (Phi) is 2.08. The third-order valence-electron chi connectivity index (χ3n) is 1.70. The first-order chi connectivity index (χ1) is 5.15. The molecule has 60 valence electrons. The fraction of sp³-hybridized carbons (Fsp3) is 0.500. The second-order valence-corrected chi connectivity index (χ2v) is 2.59. The van der Waals surface area contributed by atoms with Crippen LogP contribution in [0, 0.1) is 13.8 Å². The molecule has 1 heterocycles. The lowest BCUT2D eigenvalue weighted by Crippen LogP contribution is -2.09. The molecule has 0 aliphatic carbocycles. The highest BCUT2D eigenvalue weighted by atomic mass is 16.2. The van der Waals surface area contributed by atoms with Crippen molar-refractivity contribution < 1.29 is 4.79 Å². The zero-order chi connectivity index (χ0) is 8.43. The molecule has 0 spiro atoms. The van der Waals surface area contributed by atoms with Gasteiger partial charge in [-0.15, -0.1) is 0 Å². The molecule has 1 aromatic rings. The van der Waals surface area contributed by atoms with Gasteiger partial charge in [0.15, 0.2) is 0 Å². The normalized spacial score (nSPS) is 10.1. The van der Waals surface area contributed by atoms with Crippen LogP contribution in [0.1, 0.15) is 29.4 Å². The zero-order valence-corrected chi connectivity index (χ0v) is 7.09. The summed E-state index contributed by atoms with van der Waals surface area (Å²) < 4.78 is 1.41. The van der Waals surface area contributed by atoms with Gasteiger partial charge in [0.25, 0.3) is 0 Å². The largest absolute Gasteiger partial charge is 0.273 e. The molecule has 0 atom stereocenters. The topological polar surface area (TPSA) is 34.9 Å². The molecular weight excluding hydrogens is 140 g/mol. The summed E-state index contributed by atoms with van der Waals surface area (Å²) in [5.41, 5.74) is 1.98. The van der Waals surface area contributed by atoms with Gasteiger partial charge in [-0.1, -0.05) is 6.92 Å². The molecular formula is C8H12N2O. The average molecular weight is 152 g/mol. The molecule has 0 saturated heterocycles. The Hall–Kier alpha value is -1.12. The van der Waals surface area contributed by atoms with Crippen LogP contribution in [0.3, 0.4) is 0 Å². The van der Waals surface area contributed by atoms with Crippen molar-refractivity contribution in [2.45, 2.75) is 27.2 Å². The third-order valence-corrected chi connectivity index (χ3v) is 1.70. The number of aryl methyl sites for hydroxylation is 2. The number of carbonyl (C=O) groups excluding carboxylic acids is 1. The van der Waals surface area contributed by atoms with Crippen LogP contribution in [0.25, 0.3) is 0 Å². The predicted molar refractivity (Wildman–Crippen MR) is 42.6 cm³/mol. The Morgan fingerprint density at radius 1 is 1.64 bits per heavy atom. The van der Waals surface area contributed by atoms with E-state index in [2.05, 4.69) is 5.10 Å². The molecule has 0 saturated carbocycles. The maximum absolute atomic E-state index is 11.1. The van der Waals surface area contributed by atoms with Crippen LogP contribution in [0.5, 0.6) is 0 Å². The lowest BCUT2D eigenvalue weighted by atomic mass is 10.3. The van der Waals surface area contributed by atoms with E-state index in [9.17, 15) is 4.79 Å². The van der Waals surface area contributed by atoms with Gasteiger partial charge in [-0.2, -0.15) is 5.10 Å². The van der Waals surface area contributed by atoms with Crippen LogP contribution in [0.2, 0.25) is 0 Å². The minimum Gasteiger partial charge on any atom is -0.273 e. The maximum Gasteiger partial charge on any atom is 0.246 e. The number of rotatable bonds is 1. The molecule has 0 aliphatic heterocycles. The fourth-order valence-electron chi connectivity index (χ4n) is 0.836. The molecule has 1 rings (SSSR count). The highest BCUT2D eigenvalue weighted by molar-refractivity contribution is 5.77. The molecule has 0 aliphatic rings. The summed E-state index contributed by atoms with van der Waals surface area (Å²) >= 11 is 0. The number of carbonyl (C=O) groups is 1. The van der Waals surface area contributed by atoms with Crippen molar-refractivity contribution in [3.8, 4) is 0 Å². The molecule has 3 nitrogen and oxygen atoms in total. The molecule has 0 N–H and O–H groups in total. The summed E-state index contributed by atoms with van der Waals surface area (Å²) in [7, 11) is 0. The van der Waals surface area contributed by atoms with E-state index in [1.165, 1.54) is 4.68 Å². The average Bonchev–Trinajstić information content (AvgIpc) is 2.31. The van der Waals surface area contributed by atoms with E-state index in [1.807, 2.05) is 20.8 Å². The Morgan fingerprint density at radius 3 is 2.64 bits per heavy atom. The summed E-state index contributed by atoms with van der Waals surface area (Å²) in [5.74, 6) is 0.0428. The monoisotopic (exact) mass is 152 g/mol. The Morgan fingerprint density at radius 2 is 2.27 bits per heavy atom. The maximum atomic E-state index is 11.1. The van der Waals surface area contributed by atoms with Crippen LogP contribution in [0.15, 0.2) is 6.20 Å². The van der Waals surface area contributed by atoms with Crippen LogP contribution in [-0.4, -0.2) is 15.7 Å². The lowest BCUT2D eigenvalue weighted by molar-refractivity contribution is 0.0892. The second-order valence-electron chi connectivity index (χ2n) is 2.59. The van der Waals surface area contributed by atoms with Crippen LogP contribution in [0.4, 0.5) is 0 Å². The molecule has 11 heavy (non-hydrogen) atoms. The van der Waals surface area contributed by atoms with Gasteiger partial charge in [-0.05, 0) is 19.4 Å². The minimum absolute atomic E-state index is 0.0428. The first kappa shape index (κ1) is 7.98. The highest BCUT2D eigenvalue weighted by Crippen LogP contribution is 2.02. The summed E-state index contributed by atoms with van der Waals surface area (Å²) in [6, 6.07) is 0. The molecule has 3 heteroatoms. The summed E-state index contributed by atoms with van der Waals surface area (Å²) in [4.78, 5) is 11.1. The number of nitrogens with zero attached hydrogens (tertiary/aromatic N) is 2. The van der Waals surface area contributed by atoms with Crippen molar-refractivity contribution in [3.63, 3.8) is 0 Å². The fourth-order valence-corrected chi connectivity index (χ4v) is 0.836. The summed E-state index contributed by atoms with van der Waals surface area (Å²) in [6.07, 6.45) is 2.27. The van der Waals surface area contributed by atoms with Gasteiger partial charge < -0.3 is 0 Å². The van der Waals surface area contributed by atoms with Crippen molar-refractivity contribution in [1.29, 1.82) is 0 Å². The molecule has 0 bridgehead atoms. The molecule has 0 unspecified atom stereocenters. The van der Waals surface area contributed by atoms with Gasteiger partial charge in [0.1, 0.15) is 0 Å². The van der Waals surface area contributed by atoms with Crippen molar-refractivity contribution >= 4 is 5.91 Å². The Bertz CT molecular complexity index is 256. The molecule has 1 aromatic heterocycles. The van der Waals surface area contributed by atoms with Crippen molar-refractivity contribution in [3.05, 3.63) is 17.5 Å². The molecule has 0 aromatic carbocycles. The summed E-state index contributed by atoms with van der Waals surface area (Å²) in [5, 5.41) is 4.05. The third kappa shape index (κ3) is 1.48. The Labute approximate surface area is 66.0 Å². The predicted octanol–water partition coefficient (Wildman–Crippen LogP) is 1.55. The van der Waals surface area contributed by atoms with Crippen LogP contribution in [-0.2, 0) is 0 Å². The second kappa shape index (κ2) is 2.86. The first-order valence-corrected chi connectivity index (χ1v) is 3.71. The molecule has 0 fully saturated rings. The van der Waals surface area contributed by atoms with Crippen molar-refractivity contribution in [2.75, 3.05) is 0 Å². The van der Waals surface area contributed by atoms with E-state index >= 15 is 0 Å². The lowest BCUT2D eigenvalue weighted by Gasteiger charge is -1.92. The van der Waals surface area contributed by atoms with Gasteiger partial charge in [0.05, 0.1) is 5.69 Å². The van der Waals surface area contributed by atoms with Gasteiger partial charge in [-0.25, -0.2) is 4.68 Å². The van der Waals surface area contributed by atoms with Crippen molar-refractivity contribution in [1.82, 2.24) is 9.78 Å². The standard InChI is InChI=1S/C8H12N2O/c1-4-8(11)10-5-6(2)7(3)9-10/h5H,4H2,1-3H3. The SMILES string of the molecule is CCC(=O)n1cc(C)c(C)n1. The zero-order valence-electron chi connectivity index (χ0n) is 7.09. The molecule has 0 radical (unpaired) electrons. The van der Waals surface area contributed by atoms with Gasteiger partial charge in [-0.3, -0.25) is 4.79 Å². The van der Waals surface area contributed by atoms with E-state index in [-0.39, 0.29) is 5.91 Å². The van der Waals surface area contributed by atoms with Crippen molar-refractivity contribution in [2.24, 2.45) is 0 Å². The first-order valence-electron chi connectivity index (χ1n) is 3.71. The minimum atomic E-state index is 0.0428. The van der Waals surface area contributed by atoms with E-state index in [0.717, 1.165) is 11.3 Å². The van der Waals surface area contributed by atoms with Gasteiger partial charge >= 0.3 is 0 Å². The van der Waals surface area contributed by atoms with E-state index in [4.69, 9.17) is 0 Å². The van der Waals surface area contributed by atoms with E-state index < -0.39 is 0 Å². The number of hydrogen-bond acceptors (Lipinski definition) is 2. The van der Waals surface area contributed by atoms with Gasteiger partial charge in [0, 0.05) is 12.6 Å². The summed E-state index contributed by atoms with van der Waals surface area (Å²) in [6.45, 7) is 5.67. The molecule has 0 amide bonds. The van der Waals surface area contributed by atoms with Gasteiger partial charge in [0.2, 0.25) is 5.91 Å². The van der Waals surface area contributed by atoms with E-state index in [1.54, 1.807) is 6.20 Å².